The Morgan fingerprint density at radius 1 is 1.24 bits per heavy atom. The van der Waals surface area contributed by atoms with E-state index in [0.29, 0.717) is 19.8 Å². The van der Waals surface area contributed by atoms with Crippen molar-refractivity contribution in [3.8, 4) is 10.7 Å². The second-order valence-corrected chi connectivity index (χ2v) is 6.61. The molecule has 1 atom stereocenters. The summed E-state index contributed by atoms with van der Waals surface area (Å²) >= 11 is 3.30. The van der Waals surface area contributed by atoms with Crippen LogP contribution in [0.5, 0.6) is 0 Å². The van der Waals surface area contributed by atoms with Crippen LogP contribution >= 0.6 is 22.7 Å². The monoisotopic (exact) mass is 320 g/mol. The fraction of sp³-hybridized carbons (Fsp3) is 0.267. The average Bonchev–Trinajstić information content (AvgIpc) is 3.20. The molecule has 3 heterocycles. The van der Waals surface area contributed by atoms with Crippen molar-refractivity contribution in [3.63, 3.8) is 0 Å². The van der Waals surface area contributed by atoms with Gasteiger partial charge in [-0.3, -0.25) is 0 Å². The van der Waals surface area contributed by atoms with Gasteiger partial charge in [0, 0.05) is 17.3 Å². The highest BCUT2D eigenvalue weighted by molar-refractivity contribution is 7.13. The Kier molecular flexibility index (Phi) is 4.82. The molecule has 0 saturated heterocycles. The molecule has 6 heteroatoms. The van der Waals surface area contributed by atoms with Gasteiger partial charge in [-0.05, 0) is 22.9 Å². The van der Waals surface area contributed by atoms with Crippen LogP contribution in [-0.4, -0.2) is 27.4 Å². The topological polar surface area (TPSA) is 47.3 Å². The van der Waals surface area contributed by atoms with Crippen molar-refractivity contribution in [1.82, 2.24) is 9.55 Å². The number of thiophene rings is 2. The summed E-state index contributed by atoms with van der Waals surface area (Å²) in [6.07, 6.45) is 3.10. The van der Waals surface area contributed by atoms with E-state index in [1.807, 2.05) is 45.8 Å². The first kappa shape index (κ1) is 14.5. The van der Waals surface area contributed by atoms with Gasteiger partial charge in [-0.2, -0.15) is 0 Å². The van der Waals surface area contributed by atoms with Crippen LogP contribution in [0.2, 0.25) is 0 Å². The molecule has 21 heavy (non-hydrogen) atoms. The number of hydrogen-bond acceptors (Lipinski definition) is 5. The molecule has 3 aromatic rings. The standard InChI is InChI=1S/C15H16N2O2S2/c18-12(10-19-11-13-3-1-7-20-13)9-17-6-5-16-15(17)14-4-2-8-21-14/h1-8,12,18H,9-11H2. The summed E-state index contributed by atoms with van der Waals surface area (Å²) in [5, 5.41) is 14.1. The first-order valence-electron chi connectivity index (χ1n) is 6.66. The van der Waals surface area contributed by atoms with E-state index in [2.05, 4.69) is 4.98 Å². The van der Waals surface area contributed by atoms with Crippen molar-refractivity contribution in [2.75, 3.05) is 6.61 Å². The predicted molar refractivity (Wildman–Crippen MR) is 85.5 cm³/mol. The Morgan fingerprint density at radius 2 is 2.10 bits per heavy atom. The number of aliphatic hydroxyl groups is 1. The SMILES string of the molecule is OC(COCc1cccs1)Cn1ccnc1-c1cccs1. The number of ether oxygens (including phenoxy) is 1. The van der Waals surface area contributed by atoms with Crippen LogP contribution in [0, 0.1) is 0 Å². The summed E-state index contributed by atoms with van der Waals surface area (Å²) in [5.74, 6) is 0.891. The van der Waals surface area contributed by atoms with Crippen LogP contribution < -0.4 is 0 Å². The highest BCUT2D eigenvalue weighted by atomic mass is 32.1. The van der Waals surface area contributed by atoms with E-state index < -0.39 is 6.10 Å². The van der Waals surface area contributed by atoms with Gasteiger partial charge >= 0.3 is 0 Å². The molecule has 3 aromatic heterocycles. The summed E-state index contributed by atoms with van der Waals surface area (Å²) in [7, 11) is 0. The van der Waals surface area contributed by atoms with Gasteiger partial charge in [0.05, 0.1) is 30.7 Å². The molecular formula is C15H16N2O2S2. The summed E-state index contributed by atoms with van der Waals surface area (Å²) in [4.78, 5) is 6.63. The number of aliphatic hydroxyl groups excluding tert-OH is 1. The summed E-state index contributed by atoms with van der Waals surface area (Å²) < 4.78 is 7.51. The van der Waals surface area contributed by atoms with E-state index in [-0.39, 0.29) is 0 Å². The summed E-state index contributed by atoms with van der Waals surface area (Å²) in [6.45, 7) is 1.36. The van der Waals surface area contributed by atoms with Gasteiger partial charge in [-0.25, -0.2) is 4.98 Å². The third-order valence-corrected chi connectivity index (χ3v) is 4.71. The van der Waals surface area contributed by atoms with Gasteiger partial charge in [0.1, 0.15) is 5.82 Å². The zero-order valence-corrected chi connectivity index (χ0v) is 13.0. The highest BCUT2D eigenvalue weighted by Crippen LogP contribution is 2.23. The maximum absolute atomic E-state index is 10.1. The molecule has 0 saturated carbocycles. The van der Waals surface area contributed by atoms with Crippen molar-refractivity contribution in [3.05, 3.63) is 52.3 Å². The van der Waals surface area contributed by atoms with Crippen molar-refractivity contribution >= 4 is 22.7 Å². The second-order valence-electron chi connectivity index (χ2n) is 4.63. The lowest BCUT2D eigenvalue weighted by atomic mass is 10.3. The number of rotatable bonds is 7. The van der Waals surface area contributed by atoms with E-state index in [9.17, 15) is 5.11 Å². The Balaban J connectivity index is 1.53. The molecular weight excluding hydrogens is 304 g/mol. The van der Waals surface area contributed by atoms with E-state index in [1.54, 1.807) is 28.9 Å². The minimum atomic E-state index is -0.544. The quantitative estimate of drug-likeness (QED) is 0.727. The first-order valence-corrected chi connectivity index (χ1v) is 8.42. The van der Waals surface area contributed by atoms with Gasteiger partial charge in [0.15, 0.2) is 0 Å². The molecule has 0 bridgehead atoms. The fourth-order valence-electron chi connectivity index (χ4n) is 2.06. The average molecular weight is 320 g/mol. The number of nitrogens with zero attached hydrogens (tertiary/aromatic N) is 2. The lowest BCUT2D eigenvalue weighted by molar-refractivity contribution is 0.0215. The molecule has 0 aliphatic heterocycles. The molecule has 110 valence electrons. The molecule has 1 unspecified atom stereocenters. The molecule has 0 aliphatic rings. The lowest BCUT2D eigenvalue weighted by Crippen LogP contribution is -2.21. The molecule has 0 aromatic carbocycles. The molecule has 0 aliphatic carbocycles. The fourth-order valence-corrected chi connectivity index (χ4v) is 3.43. The van der Waals surface area contributed by atoms with E-state index in [0.717, 1.165) is 10.7 Å². The van der Waals surface area contributed by atoms with Gasteiger partial charge in [-0.15, -0.1) is 22.7 Å². The summed E-state index contributed by atoms with van der Waals surface area (Å²) in [5.41, 5.74) is 0. The largest absolute Gasteiger partial charge is 0.389 e. The molecule has 0 spiro atoms. The van der Waals surface area contributed by atoms with Gasteiger partial charge in [0.2, 0.25) is 0 Å². The molecule has 1 N–H and O–H groups in total. The normalized spacial score (nSPS) is 12.6. The molecule has 0 fully saturated rings. The zero-order valence-electron chi connectivity index (χ0n) is 11.4. The van der Waals surface area contributed by atoms with Crippen LogP contribution in [0.15, 0.2) is 47.4 Å². The molecule has 4 nitrogen and oxygen atoms in total. The van der Waals surface area contributed by atoms with Crippen LogP contribution in [0.1, 0.15) is 4.88 Å². The summed E-state index contributed by atoms with van der Waals surface area (Å²) in [6, 6.07) is 8.06. The van der Waals surface area contributed by atoms with Crippen molar-refractivity contribution in [1.29, 1.82) is 0 Å². The number of aromatic nitrogens is 2. The Morgan fingerprint density at radius 3 is 2.86 bits per heavy atom. The molecule has 0 amide bonds. The van der Waals surface area contributed by atoms with E-state index in [4.69, 9.17) is 4.74 Å². The maximum Gasteiger partial charge on any atom is 0.150 e. The minimum absolute atomic E-state index is 0.319. The van der Waals surface area contributed by atoms with Crippen LogP contribution in [0.4, 0.5) is 0 Å². The number of imidazole rings is 1. The Bertz CT molecular complexity index is 647. The molecule has 0 radical (unpaired) electrons. The number of hydrogen-bond donors (Lipinski definition) is 1. The van der Waals surface area contributed by atoms with Gasteiger partial charge in [0.25, 0.3) is 0 Å². The van der Waals surface area contributed by atoms with E-state index in [1.165, 1.54) is 4.88 Å². The van der Waals surface area contributed by atoms with Gasteiger partial charge < -0.3 is 14.4 Å². The van der Waals surface area contributed by atoms with Gasteiger partial charge in [-0.1, -0.05) is 12.1 Å². The third-order valence-electron chi connectivity index (χ3n) is 3.00. The maximum atomic E-state index is 10.1. The van der Waals surface area contributed by atoms with Crippen LogP contribution in [-0.2, 0) is 17.9 Å². The highest BCUT2D eigenvalue weighted by Gasteiger charge is 2.11. The third kappa shape index (κ3) is 3.79. The minimum Gasteiger partial charge on any atom is -0.389 e. The Hall–Kier alpha value is -1.47. The van der Waals surface area contributed by atoms with Crippen molar-refractivity contribution < 1.29 is 9.84 Å². The predicted octanol–water partition coefficient (Wildman–Crippen LogP) is 3.25. The van der Waals surface area contributed by atoms with E-state index >= 15 is 0 Å². The van der Waals surface area contributed by atoms with Crippen LogP contribution in [0.3, 0.4) is 0 Å². The van der Waals surface area contributed by atoms with Crippen molar-refractivity contribution in [2.24, 2.45) is 0 Å². The smallest absolute Gasteiger partial charge is 0.150 e. The Labute approximate surface area is 131 Å². The van der Waals surface area contributed by atoms with Crippen molar-refractivity contribution in [2.45, 2.75) is 19.3 Å². The van der Waals surface area contributed by atoms with Crippen LogP contribution in [0.25, 0.3) is 10.7 Å². The zero-order chi connectivity index (χ0) is 14.5. The lowest BCUT2D eigenvalue weighted by Gasteiger charge is -2.13. The molecule has 3 rings (SSSR count). The first-order chi connectivity index (χ1) is 10.3. The second kappa shape index (κ2) is 7.00.